The summed E-state index contributed by atoms with van der Waals surface area (Å²) in [5.41, 5.74) is 1.78. The van der Waals surface area contributed by atoms with Crippen molar-refractivity contribution in [2.45, 2.75) is 20.0 Å². The van der Waals surface area contributed by atoms with E-state index in [1.807, 2.05) is 31.2 Å². The second-order valence-corrected chi connectivity index (χ2v) is 5.56. The summed E-state index contributed by atoms with van der Waals surface area (Å²) in [5, 5.41) is 5.46. The Bertz CT molecular complexity index is 771. The highest BCUT2D eigenvalue weighted by Crippen LogP contribution is 2.19. The van der Waals surface area contributed by atoms with Crippen LogP contribution >= 0.6 is 0 Å². The average Bonchev–Trinajstić information content (AvgIpc) is 2.62. The van der Waals surface area contributed by atoms with Crippen LogP contribution in [-0.2, 0) is 4.79 Å². The molecule has 0 aromatic heterocycles. The van der Waals surface area contributed by atoms with Crippen molar-refractivity contribution in [2.75, 3.05) is 11.9 Å². The van der Waals surface area contributed by atoms with Crippen LogP contribution in [0.1, 0.15) is 22.8 Å². The van der Waals surface area contributed by atoms with Crippen molar-refractivity contribution in [3.63, 3.8) is 0 Å². The third-order valence-corrected chi connectivity index (χ3v) is 3.60. The summed E-state index contributed by atoms with van der Waals surface area (Å²) in [6.45, 7) is 7.51. The molecule has 0 radical (unpaired) electrons. The highest BCUT2D eigenvalue weighted by atomic mass is 16.5. The smallest absolute Gasteiger partial charge is 0.265 e. The number of amides is 2. The molecule has 0 spiro atoms. The van der Waals surface area contributed by atoms with Crippen LogP contribution in [0.2, 0.25) is 0 Å². The quantitative estimate of drug-likeness (QED) is 0.761. The molecule has 0 bridgehead atoms. The second-order valence-electron chi connectivity index (χ2n) is 5.56. The zero-order valence-electron chi connectivity index (χ0n) is 14.4. The van der Waals surface area contributed by atoms with Crippen LogP contribution in [0.25, 0.3) is 0 Å². The lowest BCUT2D eigenvalue weighted by Gasteiger charge is -2.17. The zero-order valence-corrected chi connectivity index (χ0v) is 14.4. The van der Waals surface area contributed by atoms with Crippen LogP contribution in [0.3, 0.4) is 0 Å². The SMILES string of the molecule is C=CCNC(=O)c1ccccc1NC(=O)[C@H](C)Oc1ccccc1C. The number of carbonyl (C=O) groups excluding carboxylic acids is 2. The molecule has 25 heavy (non-hydrogen) atoms. The Morgan fingerprint density at radius 2 is 1.84 bits per heavy atom. The molecule has 0 saturated carbocycles. The number of nitrogens with one attached hydrogen (secondary N) is 2. The maximum absolute atomic E-state index is 12.4. The minimum absolute atomic E-state index is 0.275. The summed E-state index contributed by atoms with van der Waals surface area (Å²) in [5.74, 6) is 0.0534. The Morgan fingerprint density at radius 3 is 2.56 bits per heavy atom. The molecule has 2 amide bonds. The van der Waals surface area contributed by atoms with E-state index < -0.39 is 6.10 Å². The lowest BCUT2D eigenvalue weighted by molar-refractivity contribution is -0.122. The van der Waals surface area contributed by atoms with Crippen molar-refractivity contribution in [3.05, 3.63) is 72.3 Å². The van der Waals surface area contributed by atoms with Crippen molar-refractivity contribution < 1.29 is 14.3 Å². The lowest BCUT2D eigenvalue weighted by Crippen LogP contribution is -2.32. The minimum Gasteiger partial charge on any atom is -0.481 e. The van der Waals surface area contributed by atoms with Crippen molar-refractivity contribution in [2.24, 2.45) is 0 Å². The summed E-state index contributed by atoms with van der Waals surface area (Å²) in [4.78, 5) is 24.6. The van der Waals surface area contributed by atoms with Gasteiger partial charge in [-0.15, -0.1) is 6.58 Å². The first-order chi connectivity index (χ1) is 12.0. The third-order valence-electron chi connectivity index (χ3n) is 3.60. The van der Waals surface area contributed by atoms with Gasteiger partial charge in [-0.25, -0.2) is 0 Å². The zero-order chi connectivity index (χ0) is 18.2. The monoisotopic (exact) mass is 338 g/mol. The summed E-state index contributed by atoms with van der Waals surface area (Å²) in [6, 6.07) is 14.3. The van der Waals surface area contributed by atoms with E-state index in [9.17, 15) is 9.59 Å². The fraction of sp³-hybridized carbons (Fsp3) is 0.200. The molecule has 2 aromatic rings. The molecular formula is C20H22N2O3. The Morgan fingerprint density at radius 1 is 1.16 bits per heavy atom. The van der Waals surface area contributed by atoms with Gasteiger partial charge in [0, 0.05) is 6.54 Å². The number of para-hydroxylation sites is 2. The fourth-order valence-electron chi connectivity index (χ4n) is 2.22. The first-order valence-corrected chi connectivity index (χ1v) is 8.04. The van der Waals surface area contributed by atoms with E-state index in [2.05, 4.69) is 17.2 Å². The maximum atomic E-state index is 12.4. The molecule has 2 rings (SSSR count). The topological polar surface area (TPSA) is 67.4 Å². The van der Waals surface area contributed by atoms with Gasteiger partial charge in [0.25, 0.3) is 11.8 Å². The van der Waals surface area contributed by atoms with E-state index >= 15 is 0 Å². The summed E-state index contributed by atoms with van der Waals surface area (Å²) >= 11 is 0. The van der Waals surface area contributed by atoms with E-state index in [1.54, 1.807) is 37.3 Å². The number of rotatable bonds is 7. The lowest BCUT2D eigenvalue weighted by atomic mass is 10.1. The Hall–Kier alpha value is -3.08. The predicted molar refractivity (Wildman–Crippen MR) is 98.9 cm³/mol. The predicted octanol–water partition coefficient (Wildman–Crippen LogP) is 3.32. The number of carbonyl (C=O) groups is 2. The standard InChI is InChI=1S/C20H22N2O3/c1-4-13-21-20(24)16-10-6-7-11-17(16)22-19(23)15(3)25-18-12-8-5-9-14(18)2/h4-12,15H,1,13H2,2-3H3,(H,21,24)(H,22,23)/t15-/m0/s1. The van der Waals surface area contributed by atoms with Crippen LogP contribution in [0.4, 0.5) is 5.69 Å². The Balaban J connectivity index is 2.08. The van der Waals surface area contributed by atoms with Gasteiger partial charge in [0.15, 0.2) is 6.10 Å². The van der Waals surface area contributed by atoms with E-state index in [-0.39, 0.29) is 11.8 Å². The molecule has 0 unspecified atom stereocenters. The van der Waals surface area contributed by atoms with Gasteiger partial charge in [0.1, 0.15) is 5.75 Å². The molecule has 1 atom stereocenters. The number of hydrogen-bond donors (Lipinski definition) is 2. The van der Waals surface area contributed by atoms with Gasteiger partial charge in [0.2, 0.25) is 0 Å². The molecule has 0 aliphatic heterocycles. The van der Waals surface area contributed by atoms with Crippen molar-refractivity contribution in [3.8, 4) is 5.75 Å². The maximum Gasteiger partial charge on any atom is 0.265 e. The molecule has 0 saturated heterocycles. The van der Waals surface area contributed by atoms with Gasteiger partial charge in [-0.1, -0.05) is 36.4 Å². The molecule has 0 aliphatic carbocycles. The molecule has 0 aliphatic rings. The van der Waals surface area contributed by atoms with Crippen LogP contribution in [0.15, 0.2) is 61.2 Å². The summed E-state index contributed by atoms with van der Waals surface area (Å²) < 4.78 is 5.72. The molecule has 2 N–H and O–H groups in total. The molecule has 5 nitrogen and oxygen atoms in total. The number of anilines is 1. The van der Waals surface area contributed by atoms with Crippen LogP contribution in [0.5, 0.6) is 5.75 Å². The highest BCUT2D eigenvalue weighted by molar-refractivity contribution is 6.04. The van der Waals surface area contributed by atoms with Gasteiger partial charge in [0.05, 0.1) is 11.3 Å². The highest BCUT2D eigenvalue weighted by Gasteiger charge is 2.18. The molecule has 2 aromatic carbocycles. The third kappa shape index (κ3) is 4.94. The van der Waals surface area contributed by atoms with Gasteiger partial charge in [-0.2, -0.15) is 0 Å². The van der Waals surface area contributed by atoms with Crippen molar-refractivity contribution in [1.29, 1.82) is 0 Å². The molecule has 130 valence electrons. The number of aryl methyl sites for hydroxylation is 1. The normalized spacial score (nSPS) is 11.3. The first-order valence-electron chi connectivity index (χ1n) is 8.04. The van der Waals surface area contributed by atoms with Crippen LogP contribution in [0, 0.1) is 6.92 Å². The summed E-state index contributed by atoms with van der Waals surface area (Å²) in [6.07, 6.45) is 0.891. The van der Waals surface area contributed by atoms with Gasteiger partial charge in [-0.05, 0) is 37.6 Å². The first kappa shape index (κ1) is 18.3. The Labute approximate surface area is 147 Å². The van der Waals surface area contributed by atoms with Crippen molar-refractivity contribution >= 4 is 17.5 Å². The van der Waals surface area contributed by atoms with E-state index in [0.717, 1.165) is 5.56 Å². The van der Waals surface area contributed by atoms with Crippen LogP contribution in [-0.4, -0.2) is 24.5 Å². The number of ether oxygens (including phenoxy) is 1. The van der Waals surface area contributed by atoms with E-state index in [0.29, 0.717) is 23.5 Å². The van der Waals surface area contributed by atoms with Gasteiger partial charge in [-0.3, -0.25) is 9.59 Å². The summed E-state index contributed by atoms with van der Waals surface area (Å²) in [7, 11) is 0. The largest absolute Gasteiger partial charge is 0.481 e. The molecule has 0 fully saturated rings. The fourth-order valence-corrected chi connectivity index (χ4v) is 2.22. The molecule has 5 heteroatoms. The minimum atomic E-state index is -0.703. The van der Waals surface area contributed by atoms with Gasteiger partial charge >= 0.3 is 0 Å². The Kier molecular flexibility index (Phi) is 6.34. The number of benzene rings is 2. The number of hydrogen-bond acceptors (Lipinski definition) is 3. The molecular weight excluding hydrogens is 316 g/mol. The molecule has 0 heterocycles. The van der Waals surface area contributed by atoms with Crippen LogP contribution < -0.4 is 15.4 Å². The van der Waals surface area contributed by atoms with Crippen molar-refractivity contribution in [1.82, 2.24) is 5.32 Å². The van der Waals surface area contributed by atoms with E-state index in [4.69, 9.17) is 4.74 Å². The van der Waals surface area contributed by atoms with Gasteiger partial charge < -0.3 is 15.4 Å². The van der Waals surface area contributed by atoms with E-state index in [1.165, 1.54) is 0 Å². The second kappa shape index (κ2) is 8.68. The average molecular weight is 338 g/mol.